The average molecular weight is 275 g/mol. The summed E-state index contributed by atoms with van der Waals surface area (Å²) in [5.74, 6) is -0.904. The Kier molecular flexibility index (Phi) is 3.79. The average Bonchev–Trinajstić information content (AvgIpc) is 2.36. The first-order valence-electron chi connectivity index (χ1n) is 5.97. The van der Waals surface area contributed by atoms with Crippen molar-refractivity contribution < 1.29 is 14.5 Å². The predicted octanol–water partition coefficient (Wildman–Crippen LogP) is 0.862. The van der Waals surface area contributed by atoms with E-state index in [9.17, 15) is 19.7 Å². The number of aryl methyl sites for hydroxylation is 1. The summed E-state index contributed by atoms with van der Waals surface area (Å²) in [5, 5.41) is 15.2. The third-order valence-corrected chi connectivity index (χ3v) is 3.04. The third kappa shape index (κ3) is 2.82. The van der Waals surface area contributed by atoms with E-state index in [1.807, 2.05) is 36.5 Å². The molecule has 2 N–H and O–H groups in total. The van der Waals surface area contributed by atoms with Crippen molar-refractivity contribution >= 4 is 18.0 Å². The van der Waals surface area contributed by atoms with Gasteiger partial charge in [0.2, 0.25) is 0 Å². The van der Waals surface area contributed by atoms with Crippen LogP contribution in [0.5, 0.6) is 0 Å². The molecule has 1 aromatic carbocycles. The van der Waals surface area contributed by atoms with Gasteiger partial charge in [-0.1, -0.05) is 36.4 Å². The SMILES string of the molecule is Cc1ccccc1/C=C\C1NC(=O)NC(=O)C1[N+](=O)[O-]. The molecule has 2 unspecified atom stereocenters. The molecule has 1 heterocycles. The summed E-state index contributed by atoms with van der Waals surface area (Å²) in [6, 6.07) is 4.24. The van der Waals surface area contributed by atoms with Gasteiger partial charge in [-0.3, -0.25) is 20.2 Å². The van der Waals surface area contributed by atoms with E-state index in [2.05, 4.69) is 5.32 Å². The Morgan fingerprint density at radius 2 is 2.00 bits per heavy atom. The van der Waals surface area contributed by atoms with Gasteiger partial charge in [0.05, 0.1) is 0 Å². The fourth-order valence-corrected chi connectivity index (χ4v) is 1.98. The summed E-state index contributed by atoms with van der Waals surface area (Å²) in [7, 11) is 0. The summed E-state index contributed by atoms with van der Waals surface area (Å²) in [4.78, 5) is 32.9. The number of rotatable bonds is 3. The zero-order valence-corrected chi connectivity index (χ0v) is 10.7. The van der Waals surface area contributed by atoms with Crippen LogP contribution in [0.2, 0.25) is 0 Å². The molecular formula is C13H13N3O4. The molecule has 1 aliphatic heterocycles. The second kappa shape index (κ2) is 5.52. The first kappa shape index (κ1) is 13.7. The number of amides is 3. The van der Waals surface area contributed by atoms with Gasteiger partial charge in [-0.15, -0.1) is 0 Å². The molecule has 0 aliphatic carbocycles. The highest BCUT2D eigenvalue weighted by Crippen LogP contribution is 2.12. The van der Waals surface area contributed by atoms with Gasteiger partial charge in [0.15, 0.2) is 0 Å². The molecule has 0 spiro atoms. The molecule has 7 heteroatoms. The van der Waals surface area contributed by atoms with Crippen molar-refractivity contribution in [2.75, 3.05) is 0 Å². The van der Waals surface area contributed by atoms with Gasteiger partial charge in [-0.05, 0) is 18.1 Å². The molecule has 0 aromatic heterocycles. The van der Waals surface area contributed by atoms with Gasteiger partial charge in [0.1, 0.15) is 6.04 Å². The Morgan fingerprint density at radius 3 is 2.65 bits per heavy atom. The smallest absolute Gasteiger partial charge is 0.322 e. The van der Waals surface area contributed by atoms with Crippen LogP contribution in [0.15, 0.2) is 30.3 Å². The van der Waals surface area contributed by atoms with Crippen LogP contribution in [-0.2, 0) is 4.79 Å². The normalized spacial score (nSPS) is 22.4. The molecule has 1 fully saturated rings. The maximum atomic E-state index is 11.5. The van der Waals surface area contributed by atoms with E-state index in [1.54, 1.807) is 6.08 Å². The Morgan fingerprint density at radius 1 is 1.30 bits per heavy atom. The van der Waals surface area contributed by atoms with E-state index in [-0.39, 0.29) is 0 Å². The van der Waals surface area contributed by atoms with Gasteiger partial charge in [-0.2, -0.15) is 0 Å². The molecule has 1 aromatic rings. The van der Waals surface area contributed by atoms with Crippen molar-refractivity contribution in [3.63, 3.8) is 0 Å². The minimum atomic E-state index is -1.52. The van der Waals surface area contributed by atoms with Crippen molar-refractivity contribution in [1.82, 2.24) is 10.6 Å². The molecule has 104 valence electrons. The van der Waals surface area contributed by atoms with E-state index < -0.39 is 28.9 Å². The maximum absolute atomic E-state index is 11.5. The number of imide groups is 1. The predicted molar refractivity (Wildman–Crippen MR) is 71.5 cm³/mol. The number of urea groups is 1. The summed E-state index contributed by atoms with van der Waals surface area (Å²) in [6.07, 6.45) is 3.13. The number of carbonyl (C=O) groups excluding carboxylic acids is 2. The largest absolute Gasteiger partial charge is 0.324 e. The van der Waals surface area contributed by atoms with Gasteiger partial charge in [0, 0.05) is 4.92 Å². The quantitative estimate of drug-likeness (QED) is 0.631. The minimum absolute atomic E-state index is 0.707. The zero-order chi connectivity index (χ0) is 14.7. The highest BCUT2D eigenvalue weighted by Gasteiger charge is 2.43. The number of hydrogen-bond donors (Lipinski definition) is 2. The molecule has 20 heavy (non-hydrogen) atoms. The standard InChI is InChI=1S/C13H13N3O4/c1-8-4-2-3-5-9(8)6-7-10-11(16(19)20)12(17)15-13(18)14-10/h2-7,10-11H,1H3,(H2,14,15,17,18)/b7-6-. The number of hydrogen-bond acceptors (Lipinski definition) is 4. The Labute approximate surface area is 114 Å². The lowest BCUT2D eigenvalue weighted by atomic mass is 10.0. The first-order chi connectivity index (χ1) is 9.49. The van der Waals surface area contributed by atoms with E-state index >= 15 is 0 Å². The number of nitro groups is 1. The third-order valence-electron chi connectivity index (χ3n) is 3.04. The fourth-order valence-electron chi connectivity index (χ4n) is 1.98. The molecule has 1 aliphatic rings. The van der Waals surface area contributed by atoms with E-state index in [0.717, 1.165) is 11.1 Å². The van der Waals surface area contributed by atoms with Gasteiger partial charge >= 0.3 is 18.0 Å². The van der Waals surface area contributed by atoms with Crippen LogP contribution in [0.25, 0.3) is 6.08 Å². The lowest BCUT2D eigenvalue weighted by molar-refractivity contribution is -0.510. The van der Waals surface area contributed by atoms with Crippen molar-refractivity contribution in [2.45, 2.75) is 19.0 Å². The Bertz CT molecular complexity index is 597. The van der Waals surface area contributed by atoms with Gasteiger partial charge < -0.3 is 5.32 Å². The Balaban J connectivity index is 2.25. The van der Waals surface area contributed by atoms with Crippen LogP contribution in [0.3, 0.4) is 0 Å². The Hall–Kier alpha value is -2.70. The summed E-state index contributed by atoms with van der Waals surface area (Å²) >= 11 is 0. The monoisotopic (exact) mass is 275 g/mol. The van der Waals surface area contributed by atoms with Crippen molar-refractivity contribution in [1.29, 1.82) is 0 Å². The summed E-state index contributed by atoms with van der Waals surface area (Å²) in [5.41, 5.74) is 1.86. The number of carbonyl (C=O) groups is 2. The lowest BCUT2D eigenvalue weighted by Crippen LogP contribution is -2.62. The van der Waals surface area contributed by atoms with Gasteiger partial charge in [-0.25, -0.2) is 4.79 Å². The van der Waals surface area contributed by atoms with Crippen LogP contribution >= 0.6 is 0 Å². The molecule has 7 nitrogen and oxygen atoms in total. The van der Waals surface area contributed by atoms with Crippen LogP contribution in [0.4, 0.5) is 4.79 Å². The van der Waals surface area contributed by atoms with Crippen LogP contribution in [0, 0.1) is 17.0 Å². The fraction of sp³-hybridized carbons (Fsp3) is 0.231. The molecule has 2 atom stereocenters. The lowest BCUT2D eigenvalue weighted by Gasteiger charge is -2.23. The van der Waals surface area contributed by atoms with E-state index in [0.29, 0.717) is 0 Å². The highest BCUT2D eigenvalue weighted by molar-refractivity contribution is 6.00. The van der Waals surface area contributed by atoms with Crippen molar-refractivity contribution in [2.24, 2.45) is 0 Å². The molecule has 1 saturated heterocycles. The molecule has 2 rings (SSSR count). The zero-order valence-electron chi connectivity index (χ0n) is 10.7. The maximum Gasteiger partial charge on any atom is 0.322 e. The summed E-state index contributed by atoms with van der Waals surface area (Å²) in [6.45, 7) is 1.90. The molecule has 0 radical (unpaired) electrons. The topological polar surface area (TPSA) is 101 Å². The van der Waals surface area contributed by atoms with Crippen LogP contribution in [0.1, 0.15) is 11.1 Å². The number of nitrogens with one attached hydrogen (secondary N) is 2. The summed E-state index contributed by atoms with van der Waals surface area (Å²) < 4.78 is 0. The molecule has 3 amide bonds. The number of benzene rings is 1. The van der Waals surface area contributed by atoms with Crippen molar-refractivity contribution in [3.05, 3.63) is 51.6 Å². The van der Waals surface area contributed by atoms with E-state index in [1.165, 1.54) is 6.08 Å². The first-order valence-corrected chi connectivity index (χ1v) is 5.97. The molecule has 0 saturated carbocycles. The van der Waals surface area contributed by atoms with Crippen LogP contribution < -0.4 is 10.6 Å². The van der Waals surface area contributed by atoms with Crippen molar-refractivity contribution in [3.8, 4) is 0 Å². The van der Waals surface area contributed by atoms with Gasteiger partial charge in [0.25, 0.3) is 0 Å². The second-order valence-corrected chi connectivity index (χ2v) is 4.43. The number of nitrogens with zero attached hydrogens (tertiary/aromatic N) is 1. The molecule has 0 bridgehead atoms. The second-order valence-electron chi connectivity index (χ2n) is 4.43. The minimum Gasteiger partial charge on any atom is -0.324 e. The molecular weight excluding hydrogens is 262 g/mol. The van der Waals surface area contributed by atoms with Crippen LogP contribution in [-0.4, -0.2) is 28.9 Å². The highest BCUT2D eigenvalue weighted by atomic mass is 16.6. The van der Waals surface area contributed by atoms with E-state index in [4.69, 9.17) is 0 Å².